The van der Waals surface area contributed by atoms with Gasteiger partial charge in [-0.2, -0.15) is 0 Å². The molecule has 0 saturated carbocycles. The summed E-state index contributed by atoms with van der Waals surface area (Å²) < 4.78 is 20.3. The molecule has 2 aromatic heterocycles. The van der Waals surface area contributed by atoms with Crippen molar-refractivity contribution in [2.24, 2.45) is 0 Å². The number of rotatable bonds is 12. The van der Waals surface area contributed by atoms with Crippen LogP contribution in [0.4, 0.5) is 9.59 Å². The summed E-state index contributed by atoms with van der Waals surface area (Å²) in [6, 6.07) is 11.8. The summed E-state index contributed by atoms with van der Waals surface area (Å²) in [6.07, 6.45) is 2.31. The Labute approximate surface area is 313 Å². The number of hydrogen-bond acceptors (Lipinski definition) is 10. The monoisotopic (exact) mass is 744 g/mol. The van der Waals surface area contributed by atoms with Gasteiger partial charge >= 0.3 is 12.2 Å². The zero-order valence-electron chi connectivity index (χ0n) is 31.4. The number of imidazole rings is 2. The van der Waals surface area contributed by atoms with Crippen molar-refractivity contribution in [3.63, 3.8) is 0 Å². The molecule has 16 heteroatoms. The van der Waals surface area contributed by atoms with Gasteiger partial charge in [0.25, 0.3) is 0 Å². The minimum absolute atomic E-state index is 0.254. The van der Waals surface area contributed by atoms with Crippen molar-refractivity contribution >= 4 is 35.0 Å². The van der Waals surface area contributed by atoms with Crippen molar-refractivity contribution in [3.05, 3.63) is 60.3 Å². The highest BCUT2D eigenvalue weighted by Crippen LogP contribution is 2.35. The molecule has 16 nitrogen and oxygen atoms in total. The lowest BCUT2D eigenvalue weighted by molar-refractivity contribution is -0.138. The summed E-state index contributed by atoms with van der Waals surface area (Å²) in [6.45, 7) is 4.52. The highest BCUT2D eigenvalue weighted by molar-refractivity contribution is 5.88. The number of amides is 4. The van der Waals surface area contributed by atoms with E-state index in [-0.39, 0.29) is 23.9 Å². The van der Waals surface area contributed by atoms with E-state index in [1.807, 2.05) is 42.5 Å². The lowest BCUT2D eigenvalue weighted by Crippen LogP contribution is -2.54. The van der Waals surface area contributed by atoms with Gasteiger partial charge in [-0.15, -0.1) is 0 Å². The van der Waals surface area contributed by atoms with Gasteiger partial charge in [0.1, 0.15) is 23.7 Å². The number of aromatic nitrogens is 4. The van der Waals surface area contributed by atoms with Crippen molar-refractivity contribution in [2.75, 3.05) is 41.5 Å². The van der Waals surface area contributed by atoms with Gasteiger partial charge in [-0.25, -0.2) is 19.6 Å². The molecule has 54 heavy (non-hydrogen) atoms. The number of nitrogens with one attached hydrogen (secondary N) is 4. The van der Waals surface area contributed by atoms with Crippen LogP contribution in [0, 0.1) is 0 Å². The number of H-pyrrole nitrogens is 2. The van der Waals surface area contributed by atoms with Gasteiger partial charge in [0.2, 0.25) is 11.8 Å². The number of nitrogens with zero attached hydrogens (tertiary/aromatic N) is 4. The van der Waals surface area contributed by atoms with Crippen molar-refractivity contribution in [2.45, 2.75) is 75.9 Å². The molecule has 4 aromatic rings. The van der Waals surface area contributed by atoms with E-state index < -0.39 is 36.5 Å². The van der Waals surface area contributed by atoms with E-state index >= 15 is 0 Å². The Morgan fingerprint density at radius 1 is 0.722 bits per heavy atom. The molecule has 0 spiro atoms. The van der Waals surface area contributed by atoms with E-state index in [0.29, 0.717) is 24.7 Å². The van der Waals surface area contributed by atoms with Crippen LogP contribution >= 0.6 is 0 Å². The van der Waals surface area contributed by atoms with Crippen LogP contribution in [-0.4, -0.2) is 120 Å². The van der Waals surface area contributed by atoms with E-state index in [0.717, 1.165) is 59.1 Å². The maximum absolute atomic E-state index is 13.7. The number of carbonyl (C=O) groups is 4. The van der Waals surface area contributed by atoms with Crippen molar-refractivity contribution in [3.8, 4) is 22.4 Å². The molecule has 2 aromatic carbocycles. The van der Waals surface area contributed by atoms with Crippen LogP contribution in [0.2, 0.25) is 0 Å². The van der Waals surface area contributed by atoms with Gasteiger partial charge in [-0.1, -0.05) is 30.3 Å². The molecule has 2 aliphatic rings. The van der Waals surface area contributed by atoms with Gasteiger partial charge in [-0.3, -0.25) is 9.59 Å². The highest BCUT2D eigenvalue weighted by atomic mass is 16.5. The molecule has 2 saturated heterocycles. The molecular formula is C38H48N8O8. The lowest BCUT2D eigenvalue weighted by atomic mass is 10.0. The Kier molecular flexibility index (Phi) is 11.8. The van der Waals surface area contributed by atoms with Crippen LogP contribution in [-0.2, 0) is 28.5 Å². The topological polar surface area (TPSA) is 193 Å². The molecule has 4 amide bonds. The summed E-state index contributed by atoms with van der Waals surface area (Å²) in [7, 11) is 5.50. The first kappa shape index (κ1) is 38.3. The molecule has 288 valence electrons. The third-order valence-corrected chi connectivity index (χ3v) is 10.5. The van der Waals surface area contributed by atoms with Gasteiger partial charge in [0, 0.05) is 27.3 Å². The number of aromatic amines is 2. The first-order valence-corrected chi connectivity index (χ1v) is 18.1. The van der Waals surface area contributed by atoms with Gasteiger partial charge < -0.3 is 49.3 Å². The number of likely N-dealkylation sites (tertiary alicyclic amines) is 2. The third kappa shape index (κ3) is 7.89. The Bertz CT molecular complexity index is 1960. The SMILES string of the molecule is COC(=O)N[C@H](C(=O)N1CCC[C@H]1c1ncc(-c2ccc(-c3ccc4nc([C@@H]5CCCN5C(=O)[C@@H](NC(=O)OC)[C@@H](C)OC)[nH]c4c3)cc2)[nH]1)[C@@H](C)OC. The average Bonchev–Trinajstić information content (AvgIpc) is 4.03. The average molecular weight is 745 g/mol. The fourth-order valence-electron chi connectivity index (χ4n) is 7.25. The molecule has 0 bridgehead atoms. The smallest absolute Gasteiger partial charge is 0.407 e. The number of methoxy groups -OCH3 is 4. The van der Waals surface area contributed by atoms with E-state index in [2.05, 4.69) is 25.6 Å². The fraction of sp³-hybridized carbons (Fsp3) is 0.474. The lowest BCUT2D eigenvalue weighted by Gasteiger charge is -2.30. The van der Waals surface area contributed by atoms with Gasteiger partial charge in [0.05, 0.1) is 61.4 Å². The van der Waals surface area contributed by atoms with Crippen LogP contribution in [0.25, 0.3) is 33.4 Å². The van der Waals surface area contributed by atoms with Crippen LogP contribution in [0.5, 0.6) is 0 Å². The molecular weight excluding hydrogens is 696 g/mol. The first-order valence-electron chi connectivity index (χ1n) is 18.1. The predicted molar refractivity (Wildman–Crippen MR) is 198 cm³/mol. The third-order valence-electron chi connectivity index (χ3n) is 10.5. The van der Waals surface area contributed by atoms with Crippen LogP contribution < -0.4 is 10.6 Å². The second-order valence-corrected chi connectivity index (χ2v) is 13.6. The molecule has 6 rings (SSSR count). The molecule has 0 radical (unpaired) electrons. The summed E-state index contributed by atoms with van der Waals surface area (Å²) in [4.78, 5) is 71.1. The van der Waals surface area contributed by atoms with E-state index in [1.54, 1.807) is 29.8 Å². The summed E-state index contributed by atoms with van der Waals surface area (Å²) in [5, 5.41) is 5.24. The zero-order valence-corrected chi connectivity index (χ0v) is 31.4. The van der Waals surface area contributed by atoms with Crippen molar-refractivity contribution < 1.29 is 38.1 Å². The standard InChI is InChI=1S/C38H48N8O8/c1-21(51-3)31(43-37(49)53-5)35(47)45-17-7-9-29(45)33-39-20-28(42-33)24-13-11-23(12-14-24)25-15-16-26-27(19-25)41-34(40-26)30-10-8-18-46(30)36(48)32(22(2)52-4)44-38(50)54-6/h11-16,19-22,29-32H,7-10,17-18H2,1-6H3,(H,39,42)(H,40,41)(H,43,49)(H,44,50)/t21-,22-,29+,30+,31+,32+/m1/s1. The van der Waals surface area contributed by atoms with Crippen molar-refractivity contribution in [1.29, 1.82) is 0 Å². The van der Waals surface area contributed by atoms with Gasteiger partial charge in [-0.05, 0) is 68.4 Å². The van der Waals surface area contributed by atoms with E-state index in [4.69, 9.17) is 23.9 Å². The molecule has 4 heterocycles. The van der Waals surface area contributed by atoms with Crippen LogP contribution in [0.15, 0.2) is 48.7 Å². The van der Waals surface area contributed by atoms with E-state index in [1.165, 1.54) is 28.4 Å². The molecule has 0 aliphatic carbocycles. The maximum atomic E-state index is 13.7. The number of carbonyl (C=O) groups excluding carboxylic acids is 4. The molecule has 2 aliphatic heterocycles. The molecule has 0 unspecified atom stereocenters. The number of ether oxygens (including phenoxy) is 4. The Hall–Kier alpha value is -5.48. The predicted octanol–water partition coefficient (Wildman–Crippen LogP) is 4.47. The van der Waals surface area contributed by atoms with Crippen LogP contribution in [0.3, 0.4) is 0 Å². The largest absolute Gasteiger partial charge is 0.453 e. The highest BCUT2D eigenvalue weighted by Gasteiger charge is 2.40. The summed E-state index contributed by atoms with van der Waals surface area (Å²) >= 11 is 0. The number of hydrogen-bond donors (Lipinski definition) is 4. The normalized spacial score (nSPS) is 19.3. The molecule has 4 N–H and O–H groups in total. The Morgan fingerprint density at radius 3 is 1.78 bits per heavy atom. The summed E-state index contributed by atoms with van der Waals surface area (Å²) in [5.41, 5.74) is 5.38. The number of fused-ring (bicyclic) bond motifs is 1. The minimum atomic E-state index is -0.906. The second-order valence-electron chi connectivity index (χ2n) is 13.6. The minimum Gasteiger partial charge on any atom is -0.453 e. The summed E-state index contributed by atoms with van der Waals surface area (Å²) in [5.74, 6) is 0.850. The number of benzene rings is 2. The Balaban J connectivity index is 1.16. The number of alkyl carbamates (subject to hydrolysis) is 2. The van der Waals surface area contributed by atoms with Crippen molar-refractivity contribution in [1.82, 2.24) is 40.4 Å². The first-order chi connectivity index (χ1) is 26.1. The molecule has 6 atom stereocenters. The quantitative estimate of drug-likeness (QED) is 0.161. The molecule has 2 fully saturated rings. The van der Waals surface area contributed by atoms with Gasteiger partial charge in [0.15, 0.2) is 0 Å². The van der Waals surface area contributed by atoms with E-state index in [9.17, 15) is 19.2 Å². The fourth-order valence-corrected chi connectivity index (χ4v) is 7.25. The zero-order chi connectivity index (χ0) is 38.5. The maximum Gasteiger partial charge on any atom is 0.407 e. The second kappa shape index (κ2) is 16.7. The Morgan fingerprint density at radius 2 is 1.24 bits per heavy atom. The van der Waals surface area contributed by atoms with Crippen LogP contribution in [0.1, 0.15) is 63.3 Å².